The summed E-state index contributed by atoms with van der Waals surface area (Å²) in [6, 6.07) is 1.82. The average molecular weight is 244 g/mol. The van der Waals surface area contributed by atoms with E-state index in [1.54, 1.807) is 0 Å². The molecule has 17 heavy (non-hydrogen) atoms. The molecule has 0 amide bonds. The first-order valence-electron chi connectivity index (χ1n) is 5.18. The Bertz CT molecular complexity index is 545. The highest BCUT2D eigenvalue weighted by Gasteiger charge is 2.32. The molecule has 0 aliphatic rings. The third-order valence-electron chi connectivity index (χ3n) is 2.35. The third kappa shape index (κ3) is 2.20. The molecule has 92 valence electrons. The van der Waals surface area contributed by atoms with Crippen LogP contribution in [0.25, 0.3) is 11.1 Å². The van der Waals surface area contributed by atoms with Gasteiger partial charge in [-0.2, -0.15) is 13.2 Å². The first-order valence-corrected chi connectivity index (χ1v) is 5.18. The summed E-state index contributed by atoms with van der Waals surface area (Å²) in [5.74, 6) is 0.411. The molecule has 1 heterocycles. The van der Waals surface area contributed by atoms with Gasteiger partial charge in [0.05, 0.1) is 11.3 Å². The van der Waals surface area contributed by atoms with Crippen LogP contribution in [0.15, 0.2) is 16.5 Å². The van der Waals surface area contributed by atoms with Gasteiger partial charge in [-0.15, -0.1) is 0 Å². The van der Waals surface area contributed by atoms with Crippen molar-refractivity contribution in [3.63, 3.8) is 0 Å². The van der Waals surface area contributed by atoms with Gasteiger partial charge in [0.2, 0.25) is 0 Å². The highest BCUT2D eigenvalue weighted by atomic mass is 19.4. The van der Waals surface area contributed by atoms with Gasteiger partial charge >= 0.3 is 6.18 Å². The summed E-state index contributed by atoms with van der Waals surface area (Å²) in [6.07, 6.45) is -3.04. The Kier molecular flexibility index (Phi) is 2.73. The molecule has 6 heteroatoms. The van der Waals surface area contributed by atoms with Crippen LogP contribution in [-0.4, -0.2) is 4.98 Å². The second-order valence-electron chi connectivity index (χ2n) is 3.77. The minimum atomic E-state index is -4.42. The van der Waals surface area contributed by atoms with Crippen molar-refractivity contribution < 1.29 is 17.6 Å². The lowest BCUT2D eigenvalue weighted by atomic mass is 10.1. The number of nitrogens with zero attached hydrogens (tertiary/aromatic N) is 1. The van der Waals surface area contributed by atoms with E-state index in [0.717, 1.165) is 18.6 Å². The largest absolute Gasteiger partial charge is 0.439 e. The molecule has 0 saturated carbocycles. The van der Waals surface area contributed by atoms with E-state index in [4.69, 9.17) is 10.2 Å². The lowest BCUT2D eigenvalue weighted by Gasteiger charge is -2.06. The SMILES string of the molecule is CCCc1nc2cc(C(F)(F)F)cc(N)c2o1. The third-order valence-corrected chi connectivity index (χ3v) is 2.35. The van der Waals surface area contributed by atoms with Gasteiger partial charge in [0.25, 0.3) is 0 Å². The van der Waals surface area contributed by atoms with E-state index in [0.29, 0.717) is 12.3 Å². The molecule has 0 spiro atoms. The summed E-state index contributed by atoms with van der Waals surface area (Å²) < 4.78 is 42.9. The Morgan fingerprint density at radius 3 is 2.65 bits per heavy atom. The number of nitrogens with two attached hydrogens (primary N) is 1. The van der Waals surface area contributed by atoms with Gasteiger partial charge in [-0.1, -0.05) is 6.92 Å². The van der Waals surface area contributed by atoms with Gasteiger partial charge in [0.15, 0.2) is 11.5 Å². The van der Waals surface area contributed by atoms with Gasteiger partial charge in [-0.25, -0.2) is 4.98 Å². The number of aromatic nitrogens is 1. The van der Waals surface area contributed by atoms with Crippen molar-refractivity contribution >= 4 is 16.8 Å². The number of halogens is 3. The Morgan fingerprint density at radius 2 is 2.06 bits per heavy atom. The van der Waals surface area contributed by atoms with Crippen molar-refractivity contribution in [2.75, 3.05) is 5.73 Å². The minimum Gasteiger partial charge on any atom is -0.439 e. The van der Waals surface area contributed by atoms with Crippen LogP contribution >= 0.6 is 0 Å². The van der Waals surface area contributed by atoms with Gasteiger partial charge < -0.3 is 10.2 Å². The molecule has 3 nitrogen and oxygen atoms in total. The standard InChI is InChI=1S/C11H11F3N2O/c1-2-3-9-16-8-5-6(11(12,13)14)4-7(15)10(8)17-9/h4-5H,2-3,15H2,1H3. The molecule has 1 aromatic heterocycles. The van der Waals surface area contributed by atoms with Gasteiger partial charge in [-0.3, -0.25) is 0 Å². The summed E-state index contributed by atoms with van der Waals surface area (Å²) in [5, 5.41) is 0. The Labute approximate surface area is 95.4 Å². The number of fused-ring (bicyclic) bond motifs is 1. The number of oxazole rings is 1. The number of rotatable bonds is 2. The van der Waals surface area contributed by atoms with Crippen LogP contribution in [0.4, 0.5) is 18.9 Å². The summed E-state index contributed by atoms with van der Waals surface area (Å²) in [5.41, 5.74) is 5.06. The zero-order chi connectivity index (χ0) is 12.6. The maximum atomic E-state index is 12.5. The summed E-state index contributed by atoms with van der Waals surface area (Å²) in [7, 11) is 0. The molecule has 1 aromatic carbocycles. The first-order chi connectivity index (χ1) is 7.91. The van der Waals surface area contributed by atoms with E-state index in [1.165, 1.54) is 0 Å². The fourth-order valence-electron chi connectivity index (χ4n) is 1.59. The van der Waals surface area contributed by atoms with E-state index < -0.39 is 11.7 Å². The zero-order valence-corrected chi connectivity index (χ0v) is 9.14. The van der Waals surface area contributed by atoms with Crippen LogP contribution < -0.4 is 5.73 Å². The molecule has 0 aliphatic heterocycles. The predicted molar refractivity (Wildman–Crippen MR) is 57.4 cm³/mol. The number of nitrogen functional groups attached to an aromatic ring is 1. The van der Waals surface area contributed by atoms with Gasteiger partial charge in [0.1, 0.15) is 5.52 Å². The molecule has 0 saturated heterocycles. The van der Waals surface area contributed by atoms with Crippen molar-refractivity contribution in [3.05, 3.63) is 23.6 Å². The Balaban J connectivity index is 2.57. The zero-order valence-electron chi connectivity index (χ0n) is 9.14. The van der Waals surface area contributed by atoms with E-state index in [-0.39, 0.29) is 16.8 Å². The van der Waals surface area contributed by atoms with Crippen molar-refractivity contribution in [2.45, 2.75) is 25.9 Å². The van der Waals surface area contributed by atoms with Crippen LogP contribution in [0.2, 0.25) is 0 Å². The highest BCUT2D eigenvalue weighted by Crippen LogP contribution is 2.34. The maximum absolute atomic E-state index is 12.5. The lowest BCUT2D eigenvalue weighted by Crippen LogP contribution is -2.05. The number of hydrogen-bond acceptors (Lipinski definition) is 3. The smallest absolute Gasteiger partial charge is 0.416 e. The maximum Gasteiger partial charge on any atom is 0.416 e. The molecule has 2 N–H and O–H groups in total. The average Bonchev–Trinajstić information content (AvgIpc) is 2.60. The molecule has 0 fully saturated rings. The summed E-state index contributed by atoms with van der Waals surface area (Å²) in [4.78, 5) is 3.99. The van der Waals surface area contributed by atoms with Crippen molar-refractivity contribution in [1.29, 1.82) is 0 Å². The van der Waals surface area contributed by atoms with Crippen LogP contribution in [0, 0.1) is 0 Å². The molecule has 0 radical (unpaired) electrons. The second kappa shape index (κ2) is 3.94. The molecule has 0 bridgehead atoms. The monoisotopic (exact) mass is 244 g/mol. The molecular weight excluding hydrogens is 233 g/mol. The predicted octanol–water partition coefficient (Wildman–Crippen LogP) is 3.38. The molecule has 0 aliphatic carbocycles. The quantitative estimate of drug-likeness (QED) is 0.824. The normalized spacial score (nSPS) is 12.2. The van der Waals surface area contributed by atoms with E-state index in [1.807, 2.05) is 6.92 Å². The molecule has 0 atom stereocenters. The second-order valence-corrected chi connectivity index (χ2v) is 3.77. The van der Waals surface area contributed by atoms with Crippen LogP contribution in [0.3, 0.4) is 0 Å². The fraction of sp³-hybridized carbons (Fsp3) is 0.364. The first kappa shape index (κ1) is 11.8. The summed E-state index contributed by atoms with van der Waals surface area (Å²) >= 11 is 0. The number of alkyl halides is 3. The Hall–Kier alpha value is -1.72. The van der Waals surface area contributed by atoms with E-state index >= 15 is 0 Å². The number of hydrogen-bond donors (Lipinski definition) is 1. The van der Waals surface area contributed by atoms with Crippen LogP contribution in [-0.2, 0) is 12.6 Å². The fourth-order valence-corrected chi connectivity index (χ4v) is 1.59. The van der Waals surface area contributed by atoms with E-state index in [9.17, 15) is 13.2 Å². The van der Waals surface area contributed by atoms with Gasteiger partial charge in [0, 0.05) is 6.42 Å². The lowest BCUT2D eigenvalue weighted by molar-refractivity contribution is -0.137. The highest BCUT2D eigenvalue weighted by molar-refractivity contribution is 5.85. The topological polar surface area (TPSA) is 52.0 Å². The van der Waals surface area contributed by atoms with Crippen LogP contribution in [0.5, 0.6) is 0 Å². The number of benzene rings is 1. The number of aryl methyl sites for hydroxylation is 1. The molecular formula is C11H11F3N2O. The van der Waals surface area contributed by atoms with E-state index in [2.05, 4.69) is 4.98 Å². The minimum absolute atomic E-state index is 0.0373. The van der Waals surface area contributed by atoms with Crippen molar-refractivity contribution in [2.24, 2.45) is 0 Å². The molecule has 2 aromatic rings. The van der Waals surface area contributed by atoms with Crippen molar-refractivity contribution in [3.8, 4) is 0 Å². The Morgan fingerprint density at radius 1 is 1.35 bits per heavy atom. The molecule has 2 rings (SSSR count). The number of anilines is 1. The molecule has 0 unspecified atom stereocenters. The van der Waals surface area contributed by atoms with Crippen molar-refractivity contribution in [1.82, 2.24) is 4.98 Å². The summed E-state index contributed by atoms with van der Waals surface area (Å²) in [6.45, 7) is 1.93. The van der Waals surface area contributed by atoms with Crippen LogP contribution in [0.1, 0.15) is 24.8 Å². The van der Waals surface area contributed by atoms with Gasteiger partial charge in [-0.05, 0) is 18.6 Å².